The second-order valence-corrected chi connectivity index (χ2v) is 6.61. The van der Waals surface area contributed by atoms with E-state index in [9.17, 15) is 14.0 Å². The normalized spacial score (nSPS) is 21.8. The number of anilines is 1. The third kappa shape index (κ3) is 3.56. The summed E-state index contributed by atoms with van der Waals surface area (Å²) >= 11 is 0. The van der Waals surface area contributed by atoms with Gasteiger partial charge in [-0.25, -0.2) is 4.39 Å². The highest BCUT2D eigenvalue weighted by Crippen LogP contribution is 2.33. The molecule has 1 aromatic carbocycles. The minimum absolute atomic E-state index is 0.0464. The van der Waals surface area contributed by atoms with Crippen molar-refractivity contribution in [3.63, 3.8) is 0 Å². The van der Waals surface area contributed by atoms with Gasteiger partial charge in [0.05, 0.1) is 11.6 Å². The number of amides is 2. The number of hydrogen-bond donors (Lipinski definition) is 4. The van der Waals surface area contributed by atoms with Crippen LogP contribution >= 0.6 is 0 Å². The molecule has 25 heavy (non-hydrogen) atoms. The number of halogens is 1. The highest BCUT2D eigenvalue weighted by molar-refractivity contribution is 6.17. The topological polar surface area (TPSA) is 94.1 Å². The number of piperidine rings is 2. The van der Waals surface area contributed by atoms with E-state index < -0.39 is 11.8 Å². The number of carbonyl (C=O) groups is 2. The molecule has 2 amide bonds. The molecule has 2 aliphatic heterocycles. The fraction of sp³-hybridized carbons (Fsp3) is 0.500. The molecule has 2 heterocycles. The summed E-state index contributed by atoms with van der Waals surface area (Å²) in [5.41, 5.74) is 1.73. The van der Waals surface area contributed by atoms with Gasteiger partial charge in [-0.2, -0.15) is 0 Å². The first kappa shape index (κ1) is 17.5. The Morgan fingerprint density at radius 1 is 1.24 bits per heavy atom. The third-order valence-electron chi connectivity index (χ3n) is 5.06. The van der Waals surface area contributed by atoms with Crippen molar-refractivity contribution in [2.75, 3.05) is 25.5 Å². The number of nitrogens with one attached hydrogen (secondary N) is 4. The first-order chi connectivity index (χ1) is 12.0. The molecule has 0 aromatic heterocycles. The van der Waals surface area contributed by atoms with Crippen LogP contribution in [0.4, 0.5) is 10.1 Å². The minimum atomic E-state index is -0.728. The molecule has 2 fully saturated rings. The molecule has 1 unspecified atom stereocenters. The van der Waals surface area contributed by atoms with Crippen molar-refractivity contribution in [3.05, 3.63) is 29.1 Å². The lowest BCUT2D eigenvalue weighted by Crippen LogP contribution is -2.44. The van der Waals surface area contributed by atoms with E-state index in [-0.39, 0.29) is 36.2 Å². The van der Waals surface area contributed by atoms with Crippen molar-refractivity contribution < 1.29 is 14.0 Å². The van der Waals surface area contributed by atoms with E-state index in [4.69, 9.17) is 5.41 Å². The third-order valence-corrected chi connectivity index (χ3v) is 5.06. The van der Waals surface area contributed by atoms with Crippen LogP contribution < -0.4 is 16.0 Å². The van der Waals surface area contributed by atoms with E-state index in [1.54, 1.807) is 13.1 Å². The first-order valence-electron chi connectivity index (χ1n) is 8.65. The summed E-state index contributed by atoms with van der Waals surface area (Å²) in [5, 5.41) is 16.9. The van der Waals surface area contributed by atoms with Gasteiger partial charge in [-0.05, 0) is 56.0 Å². The van der Waals surface area contributed by atoms with E-state index in [0.29, 0.717) is 16.8 Å². The molecular weight excluding hydrogens is 323 g/mol. The zero-order valence-electron chi connectivity index (χ0n) is 14.2. The summed E-state index contributed by atoms with van der Waals surface area (Å²) in [5.74, 6) is -1.71. The number of benzene rings is 1. The maximum atomic E-state index is 14.7. The molecule has 3 rings (SSSR count). The lowest BCUT2D eigenvalue weighted by atomic mass is 9.85. The minimum Gasteiger partial charge on any atom is -0.388 e. The molecule has 134 valence electrons. The Hall–Kier alpha value is -2.28. The average molecular weight is 346 g/mol. The maximum absolute atomic E-state index is 14.7. The van der Waals surface area contributed by atoms with Crippen LogP contribution in [0.2, 0.25) is 0 Å². The highest BCUT2D eigenvalue weighted by atomic mass is 19.1. The summed E-state index contributed by atoms with van der Waals surface area (Å²) in [6.07, 6.45) is 2.24. The standard InChI is InChI=1S/C18H23FN4O2/c1-21-15-9-12(10-4-6-22-7-5-10)14(19)8-13(15)17(20)11-2-3-16(24)23-18(11)25/h8-11,20-22H,2-7H2,1H3,(H,23,24,25). The Morgan fingerprint density at radius 2 is 1.96 bits per heavy atom. The summed E-state index contributed by atoms with van der Waals surface area (Å²) in [4.78, 5) is 23.3. The maximum Gasteiger partial charge on any atom is 0.235 e. The van der Waals surface area contributed by atoms with Crippen LogP contribution in [0.3, 0.4) is 0 Å². The van der Waals surface area contributed by atoms with Crippen LogP contribution in [-0.2, 0) is 9.59 Å². The van der Waals surface area contributed by atoms with Crippen molar-refractivity contribution in [3.8, 4) is 0 Å². The zero-order chi connectivity index (χ0) is 18.0. The van der Waals surface area contributed by atoms with Crippen LogP contribution in [0.15, 0.2) is 12.1 Å². The van der Waals surface area contributed by atoms with Crippen molar-refractivity contribution in [1.29, 1.82) is 5.41 Å². The molecule has 0 spiro atoms. The number of hydrogen-bond acceptors (Lipinski definition) is 5. The Morgan fingerprint density at radius 3 is 2.60 bits per heavy atom. The van der Waals surface area contributed by atoms with Crippen LogP contribution in [0.1, 0.15) is 42.7 Å². The predicted octanol–water partition coefficient (Wildman–Crippen LogP) is 1.76. The van der Waals surface area contributed by atoms with Gasteiger partial charge in [0.25, 0.3) is 0 Å². The van der Waals surface area contributed by atoms with Gasteiger partial charge in [0, 0.05) is 24.7 Å². The quantitative estimate of drug-likeness (QED) is 0.494. The van der Waals surface area contributed by atoms with Gasteiger partial charge in [-0.3, -0.25) is 14.9 Å². The fourth-order valence-electron chi connectivity index (χ4n) is 3.62. The number of carbonyl (C=O) groups excluding carboxylic acids is 2. The molecule has 7 heteroatoms. The molecule has 6 nitrogen and oxygen atoms in total. The molecule has 1 atom stereocenters. The second-order valence-electron chi connectivity index (χ2n) is 6.61. The molecule has 2 saturated heterocycles. The smallest absolute Gasteiger partial charge is 0.235 e. The number of rotatable bonds is 4. The van der Waals surface area contributed by atoms with Gasteiger partial charge in [0.2, 0.25) is 11.8 Å². The van der Waals surface area contributed by atoms with Gasteiger partial charge in [-0.15, -0.1) is 0 Å². The van der Waals surface area contributed by atoms with E-state index in [2.05, 4.69) is 16.0 Å². The SMILES string of the molecule is CNc1cc(C2CCNCC2)c(F)cc1C(=N)C1CCC(=O)NC1=O. The Labute approximate surface area is 146 Å². The number of imide groups is 1. The van der Waals surface area contributed by atoms with Gasteiger partial charge >= 0.3 is 0 Å². The summed E-state index contributed by atoms with van der Waals surface area (Å²) < 4.78 is 14.7. The molecule has 4 N–H and O–H groups in total. The lowest BCUT2D eigenvalue weighted by molar-refractivity contribution is -0.134. The van der Waals surface area contributed by atoms with Gasteiger partial charge in [0.15, 0.2) is 0 Å². The summed E-state index contributed by atoms with van der Waals surface area (Å²) in [6.45, 7) is 1.74. The van der Waals surface area contributed by atoms with Crippen molar-refractivity contribution in [1.82, 2.24) is 10.6 Å². The predicted molar refractivity (Wildman–Crippen MR) is 93.5 cm³/mol. The summed E-state index contributed by atoms with van der Waals surface area (Å²) in [6, 6.07) is 3.12. The van der Waals surface area contributed by atoms with E-state index in [1.807, 2.05) is 0 Å². The zero-order valence-corrected chi connectivity index (χ0v) is 14.2. The van der Waals surface area contributed by atoms with E-state index in [1.165, 1.54) is 6.07 Å². The van der Waals surface area contributed by atoms with Gasteiger partial charge in [-0.1, -0.05) is 0 Å². The highest BCUT2D eigenvalue weighted by Gasteiger charge is 2.32. The Kier molecular flexibility index (Phi) is 5.13. The van der Waals surface area contributed by atoms with Crippen LogP contribution in [0.25, 0.3) is 0 Å². The first-order valence-corrected chi connectivity index (χ1v) is 8.65. The monoisotopic (exact) mass is 346 g/mol. The molecular formula is C18H23FN4O2. The Balaban J connectivity index is 1.90. The van der Waals surface area contributed by atoms with Crippen LogP contribution in [0, 0.1) is 17.1 Å². The van der Waals surface area contributed by atoms with Crippen molar-refractivity contribution in [2.45, 2.75) is 31.6 Å². The molecule has 0 radical (unpaired) electrons. The second kappa shape index (κ2) is 7.31. The van der Waals surface area contributed by atoms with Crippen LogP contribution in [-0.4, -0.2) is 37.7 Å². The molecule has 2 aliphatic rings. The van der Waals surface area contributed by atoms with Crippen molar-refractivity contribution in [2.24, 2.45) is 5.92 Å². The van der Waals surface area contributed by atoms with E-state index >= 15 is 0 Å². The van der Waals surface area contributed by atoms with Gasteiger partial charge in [0.1, 0.15) is 5.82 Å². The molecule has 0 aliphatic carbocycles. The molecule has 0 bridgehead atoms. The Bertz CT molecular complexity index is 713. The largest absolute Gasteiger partial charge is 0.388 e. The average Bonchev–Trinajstić information content (AvgIpc) is 2.61. The fourth-order valence-corrected chi connectivity index (χ4v) is 3.62. The molecule has 1 aromatic rings. The van der Waals surface area contributed by atoms with Gasteiger partial charge < -0.3 is 16.0 Å². The lowest BCUT2D eigenvalue weighted by Gasteiger charge is -2.26. The van der Waals surface area contributed by atoms with Crippen molar-refractivity contribution >= 4 is 23.2 Å². The molecule has 0 saturated carbocycles. The van der Waals surface area contributed by atoms with Crippen LogP contribution in [0.5, 0.6) is 0 Å². The van der Waals surface area contributed by atoms with E-state index in [0.717, 1.165) is 25.9 Å². The summed E-state index contributed by atoms with van der Waals surface area (Å²) in [7, 11) is 1.72.